The number of carbonyl (C=O) groups excluding carboxylic acids is 1. The Kier molecular flexibility index (Phi) is 6.70. The number of hydrogen-bond donors (Lipinski definition) is 3. The molecule has 116 valence electrons. The van der Waals surface area contributed by atoms with Crippen LogP contribution in [0.25, 0.3) is 0 Å². The summed E-state index contributed by atoms with van der Waals surface area (Å²) in [5, 5.41) is 16.3. The van der Waals surface area contributed by atoms with Crippen LogP contribution in [0.2, 0.25) is 0 Å². The summed E-state index contributed by atoms with van der Waals surface area (Å²) in [5.41, 5.74) is 0.635. The van der Waals surface area contributed by atoms with Gasteiger partial charge in [-0.2, -0.15) is 0 Å². The Hall–Kier alpha value is -1.39. The quantitative estimate of drug-likeness (QED) is 0.674. The number of aliphatic hydroxyl groups excluding tert-OH is 1. The van der Waals surface area contributed by atoms with Crippen LogP contribution in [0.1, 0.15) is 50.2 Å². The summed E-state index contributed by atoms with van der Waals surface area (Å²) in [6.07, 6.45) is 6.40. The van der Waals surface area contributed by atoms with Gasteiger partial charge in [0.05, 0.1) is 0 Å². The molecule has 1 aliphatic rings. The van der Waals surface area contributed by atoms with Gasteiger partial charge in [0.2, 0.25) is 0 Å². The lowest BCUT2D eigenvalue weighted by atomic mass is 9.95. The van der Waals surface area contributed by atoms with E-state index >= 15 is 0 Å². The van der Waals surface area contributed by atoms with Crippen molar-refractivity contribution in [1.29, 1.82) is 0 Å². The molecular weight excluding hydrogens is 264 g/mol. The summed E-state index contributed by atoms with van der Waals surface area (Å²) in [7, 11) is 0. The van der Waals surface area contributed by atoms with E-state index in [1.807, 2.05) is 18.2 Å². The third-order valence-electron chi connectivity index (χ3n) is 4.05. The van der Waals surface area contributed by atoms with Crippen LogP contribution in [0, 0.1) is 0 Å². The third kappa shape index (κ3) is 5.48. The van der Waals surface area contributed by atoms with Gasteiger partial charge >= 0.3 is 0 Å². The van der Waals surface area contributed by atoms with Gasteiger partial charge < -0.3 is 15.7 Å². The van der Waals surface area contributed by atoms with Gasteiger partial charge in [-0.1, -0.05) is 49.6 Å². The number of hydrogen-bond acceptors (Lipinski definition) is 3. The molecule has 1 amide bonds. The zero-order chi connectivity index (χ0) is 14.9. The number of amides is 1. The molecule has 1 unspecified atom stereocenters. The molecule has 2 rings (SSSR count). The SMILES string of the molecule is O=C(NCCCNC1CCCCC1)C(O)c1ccccc1. The fourth-order valence-electron chi connectivity index (χ4n) is 2.80. The normalized spacial score (nSPS) is 17.4. The molecule has 4 heteroatoms. The van der Waals surface area contributed by atoms with Gasteiger partial charge in [0, 0.05) is 12.6 Å². The summed E-state index contributed by atoms with van der Waals surface area (Å²) < 4.78 is 0. The molecule has 1 aromatic carbocycles. The summed E-state index contributed by atoms with van der Waals surface area (Å²) >= 11 is 0. The molecule has 0 radical (unpaired) electrons. The number of nitrogens with one attached hydrogen (secondary N) is 2. The largest absolute Gasteiger partial charge is 0.378 e. The van der Waals surface area contributed by atoms with Crippen LogP contribution in [-0.4, -0.2) is 30.1 Å². The van der Waals surface area contributed by atoms with E-state index in [2.05, 4.69) is 10.6 Å². The summed E-state index contributed by atoms with van der Waals surface area (Å²) in [4.78, 5) is 11.8. The minimum absolute atomic E-state index is 0.320. The van der Waals surface area contributed by atoms with Crippen LogP contribution in [0.4, 0.5) is 0 Å². The van der Waals surface area contributed by atoms with Crippen molar-refractivity contribution in [3.05, 3.63) is 35.9 Å². The summed E-state index contributed by atoms with van der Waals surface area (Å²) in [5.74, 6) is -0.320. The predicted molar refractivity (Wildman–Crippen MR) is 83.9 cm³/mol. The molecule has 1 aromatic rings. The van der Waals surface area contributed by atoms with E-state index in [1.54, 1.807) is 12.1 Å². The molecular formula is C17H26N2O2. The molecule has 1 fully saturated rings. The third-order valence-corrected chi connectivity index (χ3v) is 4.05. The van der Waals surface area contributed by atoms with E-state index in [1.165, 1.54) is 32.1 Å². The maximum atomic E-state index is 11.8. The fraction of sp³-hybridized carbons (Fsp3) is 0.588. The predicted octanol–water partition coefficient (Wildman–Crippen LogP) is 2.15. The zero-order valence-electron chi connectivity index (χ0n) is 12.6. The van der Waals surface area contributed by atoms with Crippen LogP contribution in [0.5, 0.6) is 0 Å². The first kappa shape index (κ1) is 16.0. The molecule has 0 bridgehead atoms. The highest BCUT2D eigenvalue weighted by Crippen LogP contribution is 2.17. The topological polar surface area (TPSA) is 61.4 Å². The highest BCUT2D eigenvalue weighted by atomic mass is 16.3. The number of aliphatic hydroxyl groups is 1. The average molecular weight is 290 g/mol. The standard InChI is InChI=1S/C17H26N2O2/c20-16(14-8-3-1-4-9-14)17(21)19-13-7-12-18-15-10-5-2-6-11-15/h1,3-4,8-9,15-16,18,20H,2,5-7,10-13H2,(H,19,21). The average Bonchev–Trinajstić information content (AvgIpc) is 2.55. The highest BCUT2D eigenvalue weighted by Gasteiger charge is 2.16. The lowest BCUT2D eigenvalue weighted by Crippen LogP contribution is -2.35. The van der Waals surface area contributed by atoms with Crippen LogP contribution in [-0.2, 0) is 4.79 Å². The second-order valence-electron chi connectivity index (χ2n) is 5.75. The maximum Gasteiger partial charge on any atom is 0.253 e. The van der Waals surface area contributed by atoms with Gasteiger partial charge in [-0.05, 0) is 31.4 Å². The summed E-state index contributed by atoms with van der Waals surface area (Å²) in [6.45, 7) is 1.52. The molecule has 0 saturated heterocycles. The first-order valence-electron chi connectivity index (χ1n) is 8.01. The first-order chi connectivity index (χ1) is 10.3. The minimum Gasteiger partial charge on any atom is -0.378 e. The molecule has 1 atom stereocenters. The van der Waals surface area contributed by atoms with Crippen molar-refractivity contribution in [3.63, 3.8) is 0 Å². The van der Waals surface area contributed by atoms with E-state index in [0.29, 0.717) is 18.2 Å². The Labute approximate surface area is 126 Å². The van der Waals surface area contributed by atoms with Crippen LogP contribution in [0.15, 0.2) is 30.3 Å². The zero-order valence-corrected chi connectivity index (χ0v) is 12.6. The van der Waals surface area contributed by atoms with E-state index in [0.717, 1.165) is 13.0 Å². The lowest BCUT2D eigenvalue weighted by Gasteiger charge is -2.22. The molecule has 21 heavy (non-hydrogen) atoms. The lowest BCUT2D eigenvalue weighted by molar-refractivity contribution is -0.129. The van der Waals surface area contributed by atoms with Crippen molar-refractivity contribution in [3.8, 4) is 0 Å². The van der Waals surface area contributed by atoms with Crippen molar-refractivity contribution in [2.24, 2.45) is 0 Å². The first-order valence-corrected chi connectivity index (χ1v) is 8.01. The van der Waals surface area contributed by atoms with Crippen molar-refractivity contribution >= 4 is 5.91 Å². The second kappa shape index (κ2) is 8.80. The van der Waals surface area contributed by atoms with Crippen LogP contribution in [0.3, 0.4) is 0 Å². The smallest absolute Gasteiger partial charge is 0.253 e. The van der Waals surface area contributed by atoms with E-state index < -0.39 is 6.10 Å². The molecule has 0 spiro atoms. The van der Waals surface area contributed by atoms with Crippen molar-refractivity contribution < 1.29 is 9.90 Å². The van der Waals surface area contributed by atoms with Gasteiger partial charge in [0.15, 0.2) is 6.10 Å². The molecule has 1 aliphatic carbocycles. The minimum atomic E-state index is -1.07. The highest BCUT2D eigenvalue weighted by molar-refractivity contribution is 5.81. The summed E-state index contributed by atoms with van der Waals surface area (Å²) in [6, 6.07) is 9.68. The fourth-order valence-corrected chi connectivity index (χ4v) is 2.80. The Morgan fingerprint density at radius 3 is 2.57 bits per heavy atom. The van der Waals surface area contributed by atoms with E-state index in [9.17, 15) is 9.90 Å². The Bertz CT molecular complexity index is 416. The van der Waals surface area contributed by atoms with Gasteiger partial charge in [-0.3, -0.25) is 4.79 Å². The van der Waals surface area contributed by atoms with Crippen molar-refractivity contribution in [2.75, 3.05) is 13.1 Å². The monoisotopic (exact) mass is 290 g/mol. The maximum absolute atomic E-state index is 11.8. The molecule has 0 aliphatic heterocycles. The Morgan fingerprint density at radius 2 is 1.86 bits per heavy atom. The number of benzene rings is 1. The molecule has 0 aromatic heterocycles. The van der Waals surface area contributed by atoms with Gasteiger partial charge in [-0.15, -0.1) is 0 Å². The number of carbonyl (C=O) groups is 1. The Balaban J connectivity index is 1.58. The molecule has 1 saturated carbocycles. The molecule has 0 heterocycles. The van der Waals surface area contributed by atoms with Crippen molar-refractivity contribution in [2.45, 2.75) is 50.7 Å². The van der Waals surface area contributed by atoms with Gasteiger partial charge in [0.1, 0.15) is 0 Å². The number of rotatable bonds is 7. The van der Waals surface area contributed by atoms with Gasteiger partial charge in [0.25, 0.3) is 5.91 Å². The molecule has 4 nitrogen and oxygen atoms in total. The van der Waals surface area contributed by atoms with Gasteiger partial charge in [-0.25, -0.2) is 0 Å². The van der Waals surface area contributed by atoms with Crippen molar-refractivity contribution in [1.82, 2.24) is 10.6 Å². The Morgan fingerprint density at radius 1 is 1.14 bits per heavy atom. The molecule has 3 N–H and O–H groups in total. The van der Waals surface area contributed by atoms with E-state index in [-0.39, 0.29) is 5.91 Å². The van der Waals surface area contributed by atoms with Crippen LogP contribution < -0.4 is 10.6 Å². The van der Waals surface area contributed by atoms with E-state index in [4.69, 9.17) is 0 Å². The van der Waals surface area contributed by atoms with Crippen LogP contribution >= 0.6 is 0 Å². The second-order valence-corrected chi connectivity index (χ2v) is 5.75.